The third-order valence-corrected chi connectivity index (χ3v) is 5.94. The summed E-state index contributed by atoms with van der Waals surface area (Å²) < 4.78 is 5.99. The molecule has 4 heteroatoms. The Kier molecular flexibility index (Phi) is 5.09. The predicted molar refractivity (Wildman–Crippen MR) is 98.4 cm³/mol. The van der Waals surface area contributed by atoms with Gasteiger partial charge in [-0.05, 0) is 37.2 Å². The molecule has 0 aromatic heterocycles. The molecule has 1 saturated carbocycles. The quantitative estimate of drug-likeness (QED) is 0.843. The van der Waals surface area contributed by atoms with E-state index in [1.165, 1.54) is 25.8 Å². The number of ether oxygens (including phenoxy) is 1. The summed E-state index contributed by atoms with van der Waals surface area (Å²) >= 11 is 0. The Morgan fingerprint density at radius 2 is 2.00 bits per heavy atom. The zero-order valence-electron chi connectivity index (χ0n) is 15.2. The lowest BCUT2D eigenvalue weighted by Crippen LogP contribution is -2.52. The van der Waals surface area contributed by atoms with E-state index in [1.54, 1.807) is 0 Å². The highest BCUT2D eigenvalue weighted by Crippen LogP contribution is 2.36. The predicted octanol–water partition coefficient (Wildman–Crippen LogP) is 2.58. The van der Waals surface area contributed by atoms with Gasteiger partial charge in [-0.1, -0.05) is 30.3 Å². The number of hydrogen-bond donors (Lipinski definition) is 0. The second-order valence-electron chi connectivity index (χ2n) is 8.31. The average Bonchev–Trinajstić information content (AvgIpc) is 3.45. The fourth-order valence-electron chi connectivity index (χ4n) is 4.45. The summed E-state index contributed by atoms with van der Waals surface area (Å²) in [6, 6.07) is 10.1. The number of carbonyl (C=O) groups excluding carboxylic acids is 1. The molecule has 1 amide bonds. The molecule has 2 saturated heterocycles. The minimum absolute atomic E-state index is 0.135. The molecule has 3 fully saturated rings. The van der Waals surface area contributed by atoms with E-state index in [2.05, 4.69) is 9.80 Å². The molecule has 3 aliphatic rings. The van der Waals surface area contributed by atoms with Crippen molar-refractivity contribution in [3.8, 4) is 0 Å². The van der Waals surface area contributed by atoms with Gasteiger partial charge in [0.1, 0.15) is 0 Å². The summed E-state index contributed by atoms with van der Waals surface area (Å²) in [5.74, 6) is 1.18. The van der Waals surface area contributed by atoms with Crippen LogP contribution < -0.4 is 0 Å². The van der Waals surface area contributed by atoms with Crippen LogP contribution >= 0.6 is 0 Å². The molecule has 4 nitrogen and oxygen atoms in total. The van der Waals surface area contributed by atoms with Crippen molar-refractivity contribution in [1.29, 1.82) is 0 Å². The van der Waals surface area contributed by atoms with Gasteiger partial charge in [-0.2, -0.15) is 0 Å². The van der Waals surface area contributed by atoms with Gasteiger partial charge in [0.25, 0.3) is 0 Å². The van der Waals surface area contributed by atoms with Crippen molar-refractivity contribution in [2.75, 3.05) is 45.9 Å². The summed E-state index contributed by atoms with van der Waals surface area (Å²) in [4.78, 5) is 17.5. The Labute approximate surface area is 151 Å². The Balaban J connectivity index is 1.40. The Morgan fingerprint density at radius 3 is 2.80 bits per heavy atom. The van der Waals surface area contributed by atoms with Gasteiger partial charge in [-0.3, -0.25) is 4.79 Å². The zero-order valence-corrected chi connectivity index (χ0v) is 15.2. The molecule has 1 spiro atoms. The molecule has 1 aliphatic carbocycles. The molecule has 4 rings (SSSR count). The number of nitrogens with zero attached hydrogens (tertiary/aromatic N) is 2. The first-order valence-corrected chi connectivity index (χ1v) is 9.84. The van der Waals surface area contributed by atoms with Crippen molar-refractivity contribution >= 4 is 5.91 Å². The van der Waals surface area contributed by atoms with E-state index in [9.17, 15) is 4.79 Å². The van der Waals surface area contributed by atoms with E-state index in [-0.39, 0.29) is 11.3 Å². The molecule has 0 bridgehead atoms. The smallest absolute Gasteiger partial charge is 0.227 e. The maximum absolute atomic E-state index is 12.8. The van der Waals surface area contributed by atoms with E-state index in [1.807, 2.05) is 30.3 Å². The Morgan fingerprint density at radius 1 is 1.16 bits per heavy atom. The molecule has 1 aromatic carbocycles. The SMILES string of the molecule is O=C(Cc1ccccc1)N1CCC[C@@]2(COCCN(CC3CC3)C2)C1. The standard InChI is InChI=1S/C21H30N2O2/c24-20(13-18-5-2-1-3-6-18)23-10-4-9-21(16-23)15-22(11-12-25-17-21)14-19-7-8-19/h1-3,5-6,19H,4,7-17H2/t21-/m0/s1. The molecule has 1 aromatic rings. The van der Waals surface area contributed by atoms with Crippen LogP contribution in [0, 0.1) is 11.3 Å². The molecular formula is C21H30N2O2. The molecular weight excluding hydrogens is 312 g/mol. The van der Waals surface area contributed by atoms with Gasteiger partial charge in [0.2, 0.25) is 5.91 Å². The molecule has 25 heavy (non-hydrogen) atoms. The first-order valence-electron chi connectivity index (χ1n) is 9.84. The highest BCUT2D eigenvalue weighted by Gasteiger charge is 2.41. The van der Waals surface area contributed by atoms with Crippen molar-refractivity contribution < 1.29 is 9.53 Å². The average molecular weight is 342 g/mol. The minimum Gasteiger partial charge on any atom is -0.379 e. The van der Waals surface area contributed by atoms with Gasteiger partial charge in [0.15, 0.2) is 0 Å². The van der Waals surface area contributed by atoms with Crippen molar-refractivity contribution in [3.05, 3.63) is 35.9 Å². The van der Waals surface area contributed by atoms with Crippen LogP contribution in [-0.4, -0.2) is 61.6 Å². The van der Waals surface area contributed by atoms with Crippen LogP contribution in [0.1, 0.15) is 31.2 Å². The molecule has 2 aliphatic heterocycles. The van der Waals surface area contributed by atoms with Crippen LogP contribution in [0.4, 0.5) is 0 Å². The number of rotatable bonds is 4. The highest BCUT2D eigenvalue weighted by atomic mass is 16.5. The van der Waals surface area contributed by atoms with Crippen molar-refractivity contribution in [3.63, 3.8) is 0 Å². The van der Waals surface area contributed by atoms with Crippen LogP contribution in [0.3, 0.4) is 0 Å². The fraction of sp³-hybridized carbons (Fsp3) is 0.667. The number of hydrogen-bond acceptors (Lipinski definition) is 3. The maximum atomic E-state index is 12.8. The lowest BCUT2D eigenvalue weighted by molar-refractivity contribution is -0.135. The molecule has 136 valence electrons. The monoisotopic (exact) mass is 342 g/mol. The van der Waals surface area contributed by atoms with Crippen LogP contribution in [0.25, 0.3) is 0 Å². The summed E-state index contributed by atoms with van der Waals surface area (Å²) in [7, 11) is 0. The zero-order chi connectivity index (χ0) is 17.1. The summed E-state index contributed by atoms with van der Waals surface area (Å²) in [6.45, 7) is 6.78. The van der Waals surface area contributed by atoms with E-state index < -0.39 is 0 Å². The molecule has 2 heterocycles. The minimum atomic E-state index is 0.135. The lowest BCUT2D eigenvalue weighted by Gasteiger charge is -2.43. The van der Waals surface area contributed by atoms with Crippen LogP contribution in [0.5, 0.6) is 0 Å². The van der Waals surface area contributed by atoms with Gasteiger partial charge in [0, 0.05) is 38.1 Å². The van der Waals surface area contributed by atoms with Gasteiger partial charge in [0.05, 0.1) is 19.6 Å². The molecule has 0 radical (unpaired) electrons. The number of piperidine rings is 1. The molecule has 0 unspecified atom stereocenters. The van der Waals surface area contributed by atoms with Gasteiger partial charge >= 0.3 is 0 Å². The maximum Gasteiger partial charge on any atom is 0.227 e. The first-order chi connectivity index (χ1) is 12.2. The largest absolute Gasteiger partial charge is 0.379 e. The molecule has 1 atom stereocenters. The number of carbonyl (C=O) groups is 1. The number of benzene rings is 1. The van der Waals surface area contributed by atoms with E-state index in [0.717, 1.165) is 57.3 Å². The Hall–Kier alpha value is -1.39. The summed E-state index contributed by atoms with van der Waals surface area (Å²) in [6.07, 6.45) is 5.59. The Bertz CT molecular complexity index is 587. The highest BCUT2D eigenvalue weighted by molar-refractivity contribution is 5.79. The van der Waals surface area contributed by atoms with Crippen molar-refractivity contribution in [2.24, 2.45) is 11.3 Å². The van der Waals surface area contributed by atoms with Crippen LogP contribution in [0.15, 0.2) is 30.3 Å². The van der Waals surface area contributed by atoms with Crippen molar-refractivity contribution in [2.45, 2.75) is 32.1 Å². The molecule has 0 N–H and O–H groups in total. The van der Waals surface area contributed by atoms with E-state index >= 15 is 0 Å². The number of likely N-dealkylation sites (tertiary alicyclic amines) is 1. The third kappa shape index (κ3) is 4.42. The second-order valence-corrected chi connectivity index (χ2v) is 8.31. The summed E-state index contributed by atoms with van der Waals surface area (Å²) in [5.41, 5.74) is 1.25. The topological polar surface area (TPSA) is 32.8 Å². The van der Waals surface area contributed by atoms with Crippen molar-refractivity contribution in [1.82, 2.24) is 9.80 Å². The normalized spacial score (nSPS) is 28.1. The lowest BCUT2D eigenvalue weighted by atomic mass is 9.80. The van der Waals surface area contributed by atoms with Crippen LogP contribution in [0.2, 0.25) is 0 Å². The first kappa shape index (κ1) is 17.0. The van der Waals surface area contributed by atoms with Crippen LogP contribution in [-0.2, 0) is 16.0 Å². The number of amides is 1. The fourth-order valence-corrected chi connectivity index (χ4v) is 4.45. The summed E-state index contributed by atoms with van der Waals surface area (Å²) in [5, 5.41) is 0. The van der Waals surface area contributed by atoms with E-state index in [4.69, 9.17) is 4.74 Å². The van der Waals surface area contributed by atoms with Gasteiger partial charge in [-0.15, -0.1) is 0 Å². The van der Waals surface area contributed by atoms with Gasteiger partial charge < -0.3 is 14.5 Å². The van der Waals surface area contributed by atoms with Gasteiger partial charge in [-0.25, -0.2) is 0 Å². The van der Waals surface area contributed by atoms with E-state index in [0.29, 0.717) is 6.42 Å². The second kappa shape index (κ2) is 7.46. The third-order valence-electron chi connectivity index (χ3n) is 5.94.